The van der Waals surface area contributed by atoms with Crippen LogP contribution in [0.2, 0.25) is 0 Å². The van der Waals surface area contributed by atoms with Gasteiger partial charge in [0, 0.05) is 14.7 Å². The van der Waals surface area contributed by atoms with E-state index in [4.69, 9.17) is 4.74 Å². The van der Waals surface area contributed by atoms with Crippen LogP contribution in [-0.2, 0) is 6.61 Å². The van der Waals surface area contributed by atoms with E-state index < -0.39 is 0 Å². The van der Waals surface area contributed by atoms with Crippen molar-refractivity contribution in [2.24, 2.45) is 5.10 Å². The van der Waals surface area contributed by atoms with Crippen molar-refractivity contribution in [3.8, 4) is 5.75 Å². The molecule has 0 saturated carbocycles. The number of carbonyl (C=O) groups is 1. The molecule has 0 heterocycles. The lowest BCUT2D eigenvalue weighted by Gasteiger charge is -2.12. The summed E-state index contributed by atoms with van der Waals surface area (Å²) in [6.45, 7) is 2.35. The summed E-state index contributed by atoms with van der Waals surface area (Å²) in [5.74, 6) is 0.474. The van der Waals surface area contributed by atoms with E-state index in [1.807, 2.05) is 61.5 Å². The Morgan fingerprint density at radius 2 is 1.71 bits per heavy atom. The largest absolute Gasteiger partial charge is 0.488 e. The predicted octanol–water partition coefficient (Wildman–Crippen LogP) is 6.10. The molecule has 0 aliphatic carbocycles. The number of nitrogens with zero attached hydrogens (tertiary/aromatic N) is 1. The van der Waals surface area contributed by atoms with Gasteiger partial charge < -0.3 is 4.74 Å². The van der Waals surface area contributed by atoms with E-state index in [1.165, 1.54) is 3.57 Å². The number of aryl methyl sites for hydroxylation is 1. The van der Waals surface area contributed by atoms with Crippen LogP contribution in [0.1, 0.15) is 27.0 Å². The first kappa shape index (κ1) is 21.1. The lowest BCUT2D eigenvalue weighted by Crippen LogP contribution is -2.18. The van der Waals surface area contributed by atoms with Gasteiger partial charge in [-0.05, 0) is 75.7 Å². The maximum absolute atomic E-state index is 12.5. The predicted molar refractivity (Wildman–Crippen MR) is 134 cm³/mol. The smallest absolute Gasteiger partial charge is 0.271 e. The van der Waals surface area contributed by atoms with E-state index in [9.17, 15) is 4.79 Å². The number of hydrogen-bond donors (Lipinski definition) is 1. The summed E-state index contributed by atoms with van der Waals surface area (Å²) >= 11 is 2.28. The van der Waals surface area contributed by atoms with Crippen molar-refractivity contribution in [2.45, 2.75) is 13.5 Å². The number of amides is 1. The Bertz CT molecular complexity index is 1250. The molecule has 1 amide bonds. The van der Waals surface area contributed by atoms with Crippen LogP contribution in [0, 0.1) is 10.5 Å². The van der Waals surface area contributed by atoms with Crippen molar-refractivity contribution < 1.29 is 9.53 Å². The molecule has 1 N–H and O–H groups in total. The van der Waals surface area contributed by atoms with Gasteiger partial charge in [-0.3, -0.25) is 4.79 Å². The lowest BCUT2D eigenvalue weighted by atomic mass is 10.0. The molecule has 0 radical (unpaired) electrons. The van der Waals surface area contributed by atoms with Crippen LogP contribution in [0.25, 0.3) is 10.8 Å². The van der Waals surface area contributed by atoms with E-state index >= 15 is 0 Å². The highest BCUT2D eigenvalue weighted by Gasteiger charge is 2.09. The van der Waals surface area contributed by atoms with Gasteiger partial charge in [0.15, 0.2) is 0 Å². The second-order valence-corrected chi connectivity index (χ2v) is 8.37. The first-order valence-electron chi connectivity index (χ1n) is 9.90. The van der Waals surface area contributed by atoms with Crippen molar-refractivity contribution >= 4 is 45.5 Å². The Hall–Kier alpha value is -3.19. The summed E-state index contributed by atoms with van der Waals surface area (Å²) < 4.78 is 7.31. The third-order valence-corrected chi connectivity index (χ3v) is 5.71. The van der Waals surface area contributed by atoms with Crippen LogP contribution >= 0.6 is 22.6 Å². The average Bonchev–Trinajstić information content (AvgIpc) is 2.79. The second-order valence-electron chi connectivity index (χ2n) is 7.13. The van der Waals surface area contributed by atoms with Crippen molar-refractivity contribution in [3.05, 3.63) is 111 Å². The Labute approximate surface area is 195 Å². The minimum absolute atomic E-state index is 0.240. The highest BCUT2D eigenvalue weighted by atomic mass is 127. The topological polar surface area (TPSA) is 50.7 Å². The zero-order chi connectivity index (χ0) is 21.6. The van der Waals surface area contributed by atoms with Crippen LogP contribution in [-0.4, -0.2) is 12.1 Å². The number of nitrogens with one attached hydrogen (secondary N) is 1. The summed E-state index contributed by atoms with van der Waals surface area (Å²) in [4.78, 5) is 12.5. The van der Waals surface area contributed by atoms with E-state index in [0.29, 0.717) is 17.9 Å². The van der Waals surface area contributed by atoms with Gasteiger partial charge in [-0.1, -0.05) is 60.7 Å². The van der Waals surface area contributed by atoms with Crippen molar-refractivity contribution in [1.82, 2.24) is 5.43 Å². The number of rotatable bonds is 6. The molecule has 4 aromatic rings. The summed E-state index contributed by atoms with van der Waals surface area (Å²) in [6, 6.07) is 27.7. The molecule has 5 heteroatoms. The molecular formula is C26H21IN2O2. The molecule has 0 unspecified atom stereocenters. The van der Waals surface area contributed by atoms with E-state index in [-0.39, 0.29) is 5.91 Å². The second kappa shape index (κ2) is 9.75. The molecule has 0 bridgehead atoms. The SMILES string of the molecule is Cc1ccccc1C(=O)N/N=C\c1c(OCc2ccc(I)cc2)ccc2ccccc12. The summed E-state index contributed by atoms with van der Waals surface area (Å²) in [6.07, 6.45) is 1.65. The minimum Gasteiger partial charge on any atom is -0.488 e. The number of carbonyl (C=O) groups excluding carboxylic acids is 1. The Morgan fingerprint density at radius 1 is 0.968 bits per heavy atom. The van der Waals surface area contributed by atoms with Crippen LogP contribution in [0.4, 0.5) is 0 Å². The number of hydrogen-bond acceptors (Lipinski definition) is 3. The van der Waals surface area contributed by atoms with E-state index in [2.05, 4.69) is 57.4 Å². The molecule has 4 aromatic carbocycles. The molecule has 0 aliphatic rings. The molecule has 0 aromatic heterocycles. The fraction of sp³-hybridized carbons (Fsp3) is 0.0769. The highest BCUT2D eigenvalue weighted by Crippen LogP contribution is 2.27. The fourth-order valence-corrected chi connectivity index (χ4v) is 3.68. The van der Waals surface area contributed by atoms with Crippen molar-refractivity contribution in [2.75, 3.05) is 0 Å². The quantitative estimate of drug-likeness (QED) is 0.190. The normalized spacial score (nSPS) is 11.0. The van der Waals surface area contributed by atoms with Gasteiger partial charge in [-0.15, -0.1) is 0 Å². The molecule has 31 heavy (non-hydrogen) atoms. The monoisotopic (exact) mass is 520 g/mol. The Kier molecular flexibility index (Phi) is 6.62. The first-order chi connectivity index (χ1) is 15.1. The van der Waals surface area contributed by atoms with Gasteiger partial charge in [-0.25, -0.2) is 5.43 Å². The molecule has 0 aliphatic heterocycles. The van der Waals surface area contributed by atoms with Crippen molar-refractivity contribution in [3.63, 3.8) is 0 Å². The fourth-order valence-electron chi connectivity index (χ4n) is 3.32. The minimum atomic E-state index is -0.240. The highest BCUT2D eigenvalue weighted by molar-refractivity contribution is 14.1. The van der Waals surface area contributed by atoms with Crippen LogP contribution in [0.5, 0.6) is 5.75 Å². The average molecular weight is 520 g/mol. The Balaban J connectivity index is 1.59. The number of ether oxygens (including phenoxy) is 1. The third kappa shape index (κ3) is 5.11. The number of hydrazone groups is 1. The van der Waals surface area contributed by atoms with Gasteiger partial charge in [0.2, 0.25) is 0 Å². The number of fused-ring (bicyclic) bond motifs is 1. The van der Waals surface area contributed by atoms with Gasteiger partial charge >= 0.3 is 0 Å². The standard InChI is InChI=1S/C26H21IN2O2/c1-18-6-2-4-8-22(18)26(30)29-28-16-24-23-9-5-3-7-20(23)12-15-25(24)31-17-19-10-13-21(27)14-11-19/h2-16H,17H2,1H3,(H,29,30)/b28-16-. The third-order valence-electron chi connectivity index (χ3n) is 4.99. The van der Waals surface area contributed by atoms with Crippen LogP contribution in [0.15, 0.2) is 90.0 Å². The van der Waals surface area contributed by atoms with Crippen molar-refractivity contribution in [1.29, 1.82) is 0 Å². The molecular weight excluding hydrogens is 499 g/mol. The Morgan fingerprint density at radius 3 is 2.52 bits per heavy atom. The van der Waals surface area contributed by atoms with Gasteiger partial charge in [0.05, 0.1) is 6.21 Å². The molecule has 4 nitrogen and oxygen atoms in total. The number of halogens is 1. The van der Waals surface area contributed by atoms with Gasteiger partial charge in [0.1, 0.15) is 12.4 Å². The first-order valence-corrected chi connectivity index (χ1v) is 11.0. The molecule has 0 atom stereocenters. The number of benzene rings is 4. The molecule has 154 valence electrons. The molecule has 0 spiro atoms. The van der Waals surface area contributed by atoms with E-state index in [0.717, 1.165) is 27.5 Å². The molecule has 0 fully saturated rings. The van der Waals surface area contributed by atoms with Crippen LogP contribution < -0.4 is 10.2 Å². The maximum Gasteiger partial charge on any atom is 0.271 e. The summed E-state index contributed by atoms with van der Waals surface area (Å²) in [7, 11) is 0. The zero-order valence-corrected chi connectivity index (χ0v) is 19.2. The van der Waals surface area contributed by atoms with E-state index in [1.54, 1.807) is 12.3 Å². The lowest BCUT2D eigenvalue weighted by molar-refractivity contribution is 0.0954. The summed E-state index contributed by atoms with van der Waals surface area (Å²) in [5, 5.41) is 6.32. The molecule has 4 rings (SSSR count). The zero-order valence-electron chi connectivity index (χ0n) is 17.0. The van der Waals surface area contributed by atoms with Gasteiger partial charge in [0.25, 0.3) is 5.91 Å². The van der Waals surface area contributed by atoms with Crippen LogP contribution in [0.3, 0.4) is 0 Å². The van der Waals surface area contributed by atoms with Gasteiger partial charge in [-0.2, -0.15) is 5.10 Å². The molecule has 0 saturated heterocycles. The maximum atomic E-state index is 12.5. The summed E-state index contributed by atoms with van der Waals surface area (Å²) in [5.41, 5.74) is 6.06.